The van der Waals surface area contributed by atoms with E-state index >= 15 is 0 Å². The van der Waals surface area contributed by atoms with E-state index in [0.717, 1.165) is 0 Å². The Bertz CT molecular complexity index is 1860. The molecule has 0 saturated carbocycles. The van der Waals surface area contributed by atoms with Crippen molar-refractivity contribution in [1.82, 2.24) is 29.6 Å². The number of esters is 1. The van der Waals surface area contributed by atoms with Crippen molar-refractivity contribution in [2.45, 2.75) is 62.9 Å². The quantitative estimate of drug-likeness (QED) is 0.0740. The molecule has 2 saturated heterocycles. The van der Waals surface area contributed by atoms with E-state index in [9.17, 15) is 19.6 Å². The number of aliphatic hydroxyl groups excluding tert-OH is 1. The predicted molar refractivity (Wildman–Crippen MR) is 178 cm³/mol. The first-order valence-corrected chi connectivity index (χ1v) is 17.7. The summed E-state index contributed by atoms with van der Waals surface area (Å²) in [6, 6.07) is 7.31. The summed E-state index contributed by atoms with van der Waals surface area (Å²) in [5, 5.41) is 26.1. The Balaban J connectivity index is 1.24. The summed E-state index contributed by atoms with van der Waals surface area (Å²) >= 11 is 1.92. The number of carbonyl (C=O) groups excluding carboxylic acids is 1. The summed E-state index contributed by atoms with van der Waals surface area (Å²) in [6.07, 6.45) is -1.63. The lowest BCUT2D eigenvalue weighted by Crippen LogP contribution is -2.45. The monoisotopic (exact) mass is 799 g/mol. The van der Waals surface area contributed by atoms with Gasteiger partial charge in [0.25, 0.3) is 0 Å². The van der Waals surface area contributed by atoms with Crippen LogP contribution in [0.4, 0.5) is 5.95 Å². The number of nitrogens with zero attached hydrogens (tertiary/aromatic N) is 5. The van der Waals surface area contributed by atoms with Gasteiger partial charge in [-0.2, -0.15) is 15.1 Å². The van der Waals surface area contributed by atoms with Gasteiger partial charge in [-0.1, -0.05) is 6.07 Å². The average molecular weight is 800 g/mol. The highest BCUT2D eigenvalue weighted by atomic mass is 127. The number of aliphatic hydroxyl groups is 2. The minimum absolute atomic E-state index is 0.104. The molecule has 0 radical (unpaired) electrons. The Labute approximate surface area is 288 Å². The van der Waals surface area contributed by atoms with Gasteiger partial charge >= 0.3 is 13.7 Å². The lowest BCUT2D eigenvalue weighted by Gasteiger charge is -2.28. The van der Waals surface area contributed by atoms with Crippen molar-refractivity contribution >= 4 is 64.3 Å². The van der Waals surface area contributed by atoms with E-state index in [1.165, 1.54) is 25.5 Å². The molecule has 0 spiro atoms. The van der Waals surface area contributed by atoms with Crippen LogP contribution in [0.5, 0.6) is 11.6 Å². The van der Waals surface area contributed by atoms with Crippen LogP contribution in [0.3, 0.4) is 0 Å². The molecule has 17 nitrogen and oxygen atoms in total. The molecule has 4 aromatic rings. The number of pyridine rings is 1. The van der Waals surface area contributed by atoms with Crippen molar-refractivity contribution in [3.8, 4) is 11.6 Å². The second kappa shape index (κ2) is 13.9. The highest BCUT2D eigenvalue weighted by molar-refractivity contribution is 14.1. The number of halogens is 1. The van der Waals surface area contributed by atoms with Crippen LogP contribution in [0, 0.1) is 3.83 Å². The van der Waals surface area contributed by atoms with E-state index < -0.39 is 50.4 Å². The number of imidazole rings is 1. The maximum Gasteiger partial charge on any atom is 0.459 e. The van der Waals surface area contributed by atoms with Gasteiger partial charge in [0.15, 0.2) is 21.2 Å². The summed E-state index contributed by atoms with van der Waals surface area (Å²) in [5.41, 5.74) is 5.11. The molecule has 0 amide bonds. The lowest BCUT2D eigenvalue weighted by atomic mass is 9.96. The fourth-order valence-corrected chi connectivity index (χ4v) is 7.72. The van der Waals surface area contributed by atoms with Crippen LogP contribution in [0.2, 0.25) is 0 Å². The zero-order valence-electron chi connectivity index (χ0n) is 26.2. The molecule has 0 bridgehead atoms. The minimum atomic E-state index is -4.39. The Morgan fingerprint density at radius 2 is 2.04 bits per heavy atom. The van der Waals surface area contributed by atoms with Crippen molar-refractivity contribution in [2.24, 2.45) is 0 Å². The molecule has 5 N–H and O–H groups in total. The average Bonchev–Trinajstić information content (AvgIpc) is 3.50. The zero-order valence-corrected chi connectivity index (χ0v) is 29.2. The number of nitrogens with one attached hydrogen (secondary N) is 1. The van der Waals surface area contributed by atoms with Crippen LogP contribution in [-0.4, -0.2) is 97.6 Å². The van der Waals surface area contributed by atoms with E-state index in [4.69, 9.17) is 33.7 Å². The molecule has 5 heterocycles. The Morgan fingerprint density at radius 1 is 1.27 bits per heavy atom. The normalized spacial score (nSPS) is 25.2. The molecule has 48 heavy (non-hydrogen) atoms. The fourth-order valence-electron chi connectivity index (χ4n) is 5.50. The molecule has 6 atom stereocenters. The van der Waals surface area contributed by atoms with E-state index in [0.29, 0.717) is 40.8 Å². The van der Waals surface area contributed by atoms with Gasteiger partial charge in [-0.05, 0) is 38.1 Å². The Kier molecular flexibility index (Phi) is 10.1. The Hall–Kier alpha value is -3.23. The molecular weight excluding hydrogens is 764 g/mol. The molecule has 0 aliphatic carbocycles. The molecule has 2 fully saturated rings. The number of hydrogen-bond donors (Lipinski definition) is 4. The smallest absolute Gasteiger partial charge is 0.459 e. The van der Waals surface area contributed by atoms with Gasteiger partial charge in [-0.25, -0.2) is 9.55 Å². The number of nitrogen functional groups attached to an aromatic ring is 1. The molecule has 3 aromatic heterocycles. The number of anilines is 1. The van der Waals surface area contributed by atoms with Crippen LogP contribution < -0.4 is 20.1 Å². The number of benzene rings is 1. The first-order chi connectivity index (χ1) is 22.9. The van der Waals surface area contributed by atoms with Crippen LogP contribution in [0.15, 0.2) is 36.5 Å². The minimum Gasteiger partial charge on any atom is -0.479 e. The van der Waals surface area contributed by atoms with E-state index in [1.807, 2.05) is 28.7 Å². The van der Waals surface area contributed by atoms with Crippen molar-refractivity contribution in [3.63, 3.8) is 0 Å². The fraction of sp³-hybridized carbons (Fsp3) is 0.483. The topological polar surface area (TPSA) is 225 Å². The number of rotatable bonds is 11. The van der Waals surface area contributed by atoms with Gasteiger partial charge in [0.05, 0.1) is 32.4 Å². The van der Waals surface area contributed by atoms with Crippen molar-refractivity contribution < 1.29 is 47.6 Å². The number of hydrogen-bond acceptors (Lipinski definition) is 15. The summed E-state index contributed by atoms with van der Waals surface area (Å²) in [7, 11) is -2.99. The molecule has 258 valence electrons. The van der Waals surface area contributed by atoms with Gasteiger partial charge in [-0.15, -0.1) is 0 Å². The highest BCUT2D eigenvalue weighted by Gasteiger charge is 2.55. The number of nitrogens with two attached hydrogens (primary N) is 1. The van der Waals surface area contributed by atoms with E-state index in [-0.39, 0.29) is 34.8 Å². The van der Waals surface area contributed by atoms with Crippen LogP contribution in [0.1, 0.15) is 32.9 Å². The van der Waals surface area contributed by atoms with Gasteiger partial charge < -0.3 is 39.4 Å². The number of methoxy groups -OCH3 is 1. The number of carbonyl (C=O) groups is 1. The van der Waals surface area contributed by atoms with Gasteiger partial charge in [0.2, 0.25) is 11.8 Å². The molecule has 1 unspecified atom stereocenters. The molecule has 6 rings (SSSR count). The largest absolute Gasteiger partial charge is 0.479 e. The summed E-state index contributed by atoms with van der Waals surface area (Å²) in [4.78, 5) is 30.0. The van der Waals surface area contributed by atoms with Gasteiger partial charge in [-0.3, -0.25) is 18.9 Å². The summed E-state index contributed by atoms with van der Waals surface area (Å²) in [6.45, 7) is 3.26. The SMILES string of the molecule is COc1nc(N)nc2c1nc(I)n2[C@@H]1O[C@H](COP(=O)(N[C@@H](C)C(=O)OC2CCOCC2)Oc2ccc3ncccc3c2)[C@@H](O)[C@@]1(C)O. The first-order valence-electron chi connectivity index (χ1n) is 15.0. The van der Waals surface area contributed by atoms with Gasteiger partial charge in [0, 0.05) is 47.0 Å². The zero-order chi connectivity index (χ0) is 34.2. The maximum absolute atomic E-state index is 14.3. The molecular formula is C29H35IN7O10P. The Morgan fingerprint density at radius 3 is 2.79 bits per heavy atom. The van der Waals surface area contributed by atoms with Crippen LogP contribution in [0.25, 0.3) is 22.1 Å². The third kappa shape index (κ3) is 7.07. The number of ether oxygens (including phenoxy) is 4. The van der Waals surface area contributed by atoms with Crippen molar-refractivity contribution in [2.75, 3.05) is 32.7 Å². The van der Waals surface area contributed by atoms with Crippen molar-refractivity contribution in [3.05, 3.63) is 40.4 Å². The number of aromatic nitrogens is 5. The van der Waals surface area contributed by atoms with E-state index in [1.54, 1.807) is 30.5 Å². The molecule has 2 aliphatic rings. The second-order valence-electron chi connectivity index (χ2n) is 11.6. The third-order valence-corrected chi connectivity index (χ3v) is 10.4. The van der Waals surface area contributed by atoms with Gasteiger partial charge in [0.1, 0.15) is 35.7 Å². The van der Waals surface area contributed by atoms with E-state index in [2.05, 4.69) is 25.0 Å². The summed E-state index contributed by atoms with van der Waals surface area (Å²) in [5.74, 6) is -0.478. The van der Waals surface area contributed by atoms with Crippen LogP contribution >= 0.6 is 30.3 Å². The van der Waals surface area contributed by atoms with Crippen LogP contribution in [-0.2, 0) is 28.1 Å². The molecule has 1 aromatic carbocycles. The standard InChI is InChI=1S/C29H35IN7O10P/c1-15(25(39)45-17-8-11-43-12-9-17)36-48(41,47-18-6-7-19-16(13-18)5-4-10-32-19)44-14-20-22(38)29(2,40)26(46-20)37-23-21(33-27(37)30)24(42-3)35-28(31)34-23/h4-7,10,13,15,17,20,22,26,38,40H,8-9,11-12,14H2,1-3H3,(H,36,41)(H2,31,34,35)/t15-,20+,22+,26+,29+,48?/m0/s1. The molecule has 19 heteroatoms. The highest BCUT2D eigenvalue weighted by Crippen LogP contribution is 2.48. The second-order valence-corrected chi connectivity index (χ2v) is 14.2. The first kappa shape index (κ1) is 34.6. The summed E-state index contributed by atoms with van der Waals surface area (Å²) < 4.78 is 50.2. The maximum atomic E-state index is 14.3. The van der Waals surface area contributed by atoms with Crippen molar-refractivity contribution in [1.29, 1.82) is 0 Å². The third-order valence-electron chi connectivity index (χ3n) is 8.03. The molecule has 2 aliphatic heterocycles. The number of fused-ring (bicyclic) bond motifs is 2. The lowest BCUT2D eigenvalue weighted by molar-refractivity contribution is -0.154. The predicted octanol–water partition coefficient (Wildman–Crippen LogP) is 2.48.